The van der Waals surface area contributed by atoms with Crippen molar-refractivity contribution in [3.63, 3.8) is 0 Å². The highest BCUT2D eigenvalue weighted by molar-refractivity contribution is 7.13. The molecule has 2 amide bonds. The number of aryl methyl sites for hydroxylation is 1. The van der Waals surface area contributed by atoms with Crippen molar-refractivity contribution in [2.75, 3.05) is 6.54 Å². The third-order valence-corrected chi connectivity index (χ3v) is 6.92. The Morgan fingerprint density at radius 2 is 2.17 bits per heavy atom. The van der Waals surface area contributed by atoms with Crippen LogP contribution in [-0.2, 0) is 17.8 Å². The smallest absolute Gasteiger partial charge is 0.274 e. The van der Waals surface area contributed by atoms with E-state index in [0.29, 0.717) is 31.2 Å². The van der Waals surface area contributed by atoms with Gasteiger partial charge in [0.2, 0.25) is 11.8 Å². The molecule has 1 N–H and O–H groups in total. The summed E-state index contributed by atoms with van der Waals surface area (Å²) in [4.78, 5) is 34.5. The minimum Gasteiger partial charge on any atom is -0.440 e. The maximum atomic E-state index is 13.1. The Kier molecular flexibility index (Phi) is 5.82. The number of nitrogens with one attached hydrogen (secondary N) is 1. The lowest BCUT2D eigenvalue weighted by Gasteiger charge is -2.30. The molecule has 29 heavy (non-hydrogen) atoms. The van der Waals surface area contributed by atoms with E-state index in [1.807, 2.05) is 29.3 Å². The summed E-state index contributed by atoms with van der Waals surface area (Å²) in [5.41, 5.74) is 1.45. The summed E-state index contributed by atoms with van der Waals surface area (Å²) in [7, 11) is 0. The Balaban J connectivity index is 1.48. The van der Waals surface area contributed by atoms with E-state index in [0.717, 1.165) is 17.7 Å². The van der Waals surface area contributed by atoms with Gasteiger partial charge in [-0.15, -0.1) is 22.7 Å². The van der Waals surface area contributed by atoms with Crippen LogP contribution in [0.25, 0.3) is 10.8 Å². The SMILES string of the molecule is CCCC(NC(=O)c1nc(-c2cccs2)oc1C)C(=O)N1CCc2sccc2C1. The van der Waals surface area contributed by atoms with Crippen LogP contribution in [0.15, 0.2) is 33.4 Å². The molecule has 1 aliphatic heterocycles. The molecule has 8 heteroatoms. The van der Waals surface area contributed by atoms with Gasteiger partial charge in [0.25, 0.3) is 5.91 Å². The highest BCUT2D eigenvalue weighted by Crippen LogP contribution is 2.27. The summed E-state index contributed by atoms with van der Waals surface area (Å²) in [5, 5.41) is 6.91. The normalized spacial score (nSPS) is 14.5. The molecule has 0 fully saturated rings. The second-order valence-corrected chi connectivity index (χ2v) is 9.04. The number of carbonyl (C=O) groups excluding carboxylic acids is 2. The molecular weight excluding hydrogens is 406 g/mol. The van der Waals surface area contributed by atoms with Gasteiger partial charge in [0.1, 0.15) is 11.8 Å². The molecule has 1 unspecified atom stereocenters. The van der Waals surface area contributed by atoms with E-state index in [1.54, 1.807) is 18.3 Å². The Morgan fingerprint density at radius 3 is 2.93 bits per heavy atom. The van der Waals surface area contributed by atoms with E-state index in [-0.39, 0.29) is 17.5 Å². The van der Waals surface area contributed by atoms with Gasteiger partial charge in [0.05, 0.1) is 4.88 Å². The summed E-state index contributed by atoms with van der Waals surface area (Å²) in [6, 6.07) is 5.33. The topological polar surface area (TPSA) is 75.4 Å². The summed E-state index contributed by atoms with van der Waals surface area (Å²) >= 11 is 3.25. The Labute approximate surface area is 177 Å². The molecular formula is C21H23N3O3S2. The largest absolute Gasteiger partial charge is 0.440 e. The molecule has 3 aromatic rings. The van der Waals surface area contributed by atoms with Crippen molar-refractivity contribution in [3.8, 4) is 10.8 Å². The van der Waals surface area contributed by atoms with Gasteiger partial charge in [-0.1, -0.05) is 19.4 Å². The maximum absolute atomic E-state index is 13.1. The van der Waals surface area contributed by atoms with Gasteiger partial charge >= 0.3 is 0 Å². The van der Waals surface area contributed by atoms with Crippen molar-refractivity contribution < 1.29 is 14.0 Å². The van der Waals surface area contributed by atoms with Crippen LogP contribution in [0.1, 0.15) is 46.5 Å². The van der Waals surface area contributed by atoms with Crippen LogP contribution < -0.4 is 5.32 Å². The van der Waals surface area contributed by atoms with Crippen LogP contribution in [0.3, 0.4) is 0 Å². The van der Waals surface area contributed by atoms with Gasteiger partial charge in [0, 0.05) is 18.0 Å². The maximum Gasteiger partial charge on any atom is 0.274 e. The van der Waals surface area contributed by atoms with Crippen LogP contribution >= 0.6 is 22.7 Å². The molecule has 0 radical (unpaired) electrons. The monoisotopic (exact) mass is 429 g/mol. The first-order chi connectivity index (χ1) is 14.1. The second kappa shape index (κ2) is 8.51. The number of thiophene rings is 2. The van der Waals surface area contributed by atoms with E-state index in [2.05, 4.69) is 21.7 Å². The number of hydrogen-bond acceptors (Lipinski definition) is 6. The summed E-state index contributed by atoms with van der Waals surface area (Å²) < 4.78 is 5.67. The van der Waals surface area contributed by atoms with Gasteiger partial charge in [-0.2, -0.15) is 0 Å². The van der Waals surface area contributed by atoms with E-state index in [4.69, 9.17) is 4.42 Å². The number of fused-ring (bicyclic) bond motifs is 1. The molecule has 4 heterocycles. The average molecular weight is 430 g/mol. The molecule has 0 saturated heterocycles. The number of oxazole rings is 1. The molecule has 6 nitrogen and oxygen atoms in total. The summed E-state index contributed by atoms with van der Waals surface area (Å²) in [6.45, 7) is 5.03. The quantitative estimate of drug-likeness (QED) is 0.635. The van der Waals surface area contributed by atoms with Crippen molar-refractivity contribution in [2.24, 2.45) is 0 Å². The molecule has 4 rings (SSSR count). The molecule has 1 aliphatic rings. The lowest BCUT2D eigenvalue weighted by atomic mass is 10.1. The van der Waals surface area contributed by atoms with Gasteiger partial charge in [-0.3, -0.25) is 9.59 Å². The predicted molar refractivity (Wildman–Crippen MR) is 114 cm³/mol. The third kappa shape index (κ3) is 4.13. The van der Waals surface area contributed by atoms with Gasteiger partial charge in [-0.05, 0) is 48.2 Å². The minimum absolute atomic E-state index is 0.0309. The van der Waals surface area contributed by atoms with Crippen LogP contribution in [0.2, 0.25) is 0 Å². The lowest BCUT2D eigenvalue weighted by molar-refractivity contribution is -0.134. The highest BCUT2D eigenvalue weighted by atomic mass is 32.1. The number of rotatable bonds is 6. The number of amides is 2. The predicted octanol–water partition coefficient (Wildman–Crippen LogP) is 4.26. The standard InChI is InChI=1S/C21H23N3O3S2/c1-3-5-15(21(26)24-9-7-16-14(12-24)8-11-29-16)22-19(25)18-13(2)27-20(23-18)17-6-4-10-28-17/h4,6,8,10-11,15H,3,5,7,9,12H2,1-2H3,(H,22,25). The van der Waals surface area contributed by atoms with Gasteiger partial charge < -0.3 is 14.6 Å². The van der Waals surface area contributed by atoms with Crippen molar-refractivity contribution in [3.05, 3.63) is 50.9 Å². The zero-order valence-electron chi connectivity index (χ0n) is 16.4. The first-order valence-corrected chi connectivity index (χ1v) is 11.5. The first-order valence-electron chi connectivity index (χ1n) is 9.73. The minimum atomic E-state index is -0.561. The van der Waals surface area contributed by atoms with Crippen LogP contribution in [0.5, 0.6) is 0 Å². The molecule has 1 atom stereocenters. The van der Waals surface area contributed by atoms with Crippen LogP contribution in [0, 0.1) is 6.92 Å². The number of aromatic nitrogens is 1. The fourth-order valence-corrected chi connectivity index (χ4v) is 5.08. The first kappa shape index (κ1) is 19.8. The van der Waals surface area contributed by atoms with E-state index >= 15 is 0 Å². The third-order valence-electron chi connectivity index (χ3n) is 5.04. The van der Waals surface area contributed by atoms with Gasteiger partial charge in [-0.25, -0.2) is 4.98 Å². The van der Waals surface area contributed by atoms with E-state index < -0.39 is 6.04 Å². The van der Waals surface area contributed by atoms with Crippen molar-refractivity contribution >= 4 is 34.5 Å². The zero-order valence-corrected chi connectivity index (χ0v) is 18.1. The molecule has 0 aromatic carbocycles. The molecule has 152 valence electrons. The van der Waals surface area contributed by atoms with E-state index in [1.165, 1.54) is 21.8 Å². The van der Waals surface area contributed by atoms with Crippen LogP contribution in [-0.4, -0.2) is 34.3 Å². The summed E-state index contributed by atoms with van der Waals surface area (Å²) in [5.74, 6) is 0.488. The molecule has 3 aromatic heterocycles. The second-order valence-electron chi connectivity index (χ2n) is 7.09. The molecule has 0 spiro atoms. The van der Waals surface area contributed by atoms with Crippen molar-refractivity contribution in [1.82, 2.24) is 15.2 Å². The fraction of sp³-hybridized carbons (Fsp3) is 0.381. The Hall–Kier alpha value is -2.45. The number of nitrogens with zero attached hydrogens (tertiary/aromatic N) is 2. The fourth-order valence-electron chi connectivity index (χ4n) is 3.54. The van der Waals surface area contributed by atoms with Crippen LogP contribution in [0.4, 0.5) is 0 Å². The lowest BCUT2D eigenvalue weighted by Crippen LogP contribution is -2.49. The van der Waals surface area contributed by atoms with Crippen molar-refractivity contribution in [2.45, 2.75) is 45.7 Å². The highest BCUT2D eigenvalue weighted by Gasteiger charge is 2.30. The summed E-state index contributed by atoms with van der Waals surface area (Å²) in [6.07, 6.45) is 2.26. The van der Waals surface area contributed by atoms with Gasteiger partial charge in [0.15, 0.2) is 5.69 Å². The Morgan fingerprint density at radius 1 is 1.31 bits per heavy atom. The zero-order chi connectivity index (χ0) is 20.4. The molecule has 0 saturated carbocycles. The molecule has 0 bridgehead atoms. The average Bonchev–Trinajstić information content (AvgIpc) is 3.46. The van der Waals surface area contributed by atoms with Crippen molar-refractivity contribution in [1.29, 1.82) is 0 Å². The van der Waals surface area contributed by atoms with E-state index in [9.17, 15) is 9.59 Å². The number of carbonyl (C=O) groups is 2. The Bertz CT molecular complexity index is 1010. The molecule has 0 aliphatic carbocycles. The number of hydrogen-bond donors (Lipinski definition) is 1.